The van der Waals surface area contributed by atoms with E-state index >= 15 is 0 Å². The molecule has 28 heavy (non-hydrogen) atoms. The Morgan fingerprint density at radius 1 is 1.07 bits per heavy atom. The smallest absolute Gasteiger partial charge is 0.254 e. The first kappa shape index (κ1) is 17.7. The van der Waals surface area contributed by atoms with Gasteiger partial charge in [-0.25, -0.2) is 4.98 Å². The molecular formula is C20H18N6O2. The molecule has 1 fully saturated rings. The molecule has 0 atom stereocenters. The summed E-state index contributed by atoms with van der Waals surface area (Å²) in [5, 5.41) is 16.9. The number of hydrogen-bond donors (Lipinski definition) is 0. The highest BCUT2D eigenvalue weighted by molar-refractivity contribution is 6.00. The van der Waals surface area contributed by atoms with Gasteiger partial charge in [-0.05, 0) is 24.3 Å². The monoisotopic (exact) mass is 374 g/mol. The Kier molecular flexibility index (Phi) is 4.72. The molecule has 0 saturated carbocycles. The highest BCUT2D eigenvalue weighted by Gasteiger charge is 2.25. The van der Waals surface area contributed by atoms with Crippen LogP contribution in [-0.2, 0) is 0 Å². The van der Waals surface area contributed by atoms with E-state index in [0.717, 1.165) is 5.82 Å². The van der Waals surface area contributed by atoms with Gasteiger partial charge in [0.1, 0.15) is 17.6 Å². The van der Waals surface area contributed by atoms with Gasteiger partial charge in [0.2, 0.25) is 11.8 Å². The van der Waals surface area contributed by atoms with Crippen molar-refractivity contribution in [3.05, 3.63) is 59.6 Å². The summed E-state index contributed by atoms with van der Waals surface area (Å²) in [6.45, 7) is 4.14. The van der Waals surface area contributed by atoms with Crippen LogP contribution in [0.15, 0.2) is 46.9 Å². The van der Waals surface area contributed by atoms with E-state index in [1.54, 1.807) is 19.1 Å². The van der Waals surface area contributed by atoms with Crippen LogP contribution in [0.4, 0.5) is 5.82 Å². The highest BCUT2D eigenvalue weighted by Crippen LogP contribution is 2.24. The second kappa shape index (κ2) is 7.48. The number of piperazine rings is 1. The fourth-order valence-electron chi connectivity index (χ4n) is 3.23. The van der Waals surface area contributed by atoms with Crippen LogP contribution in [0.2, 0.25) is 0 Å². The molecule has 3 aromatic rings. The third-order valence-corrected chi connectivity index (χ3v) is 4.65. The summed E-state index contributed by atoms with van der Waals surface area (Å²) >= 11 is 0. The molecule has 0 radical (unpaired) electrons. The van der Waals surface area contributed by atoms with Crippen LogP contribution < -0.4 is 4.90 Å². The van der Waals surface area contributed by atoms with Crippen molar-refractivity contribution in [2.75, 3.05) is 31.1 Å². The maximum absolute atomic E-state index is 13.1. The maximum atomic E-state index is 13.1. The minimum absolute atomic E-state index is 0.0650. The maximum Gasteiger partial charge on any atom is 0.254 e. The van der Waals surface area contributed by atoms with Crippen molar-refractivity contribution in [1.29, 1.82) is 5.26 Å². The fourth-order valence-corrected chi connectivity index (χ4v) is 3.23. The van der Waals surface area contributed by atoms with E-state index < -0.39 is 0 Å². The molecule has 8 nitrogen and oxygen atoms in total. The van der Waals surface area contributed by atoms with Crippen LogP contribution in [0.25, 0.3) is 11.5 Å². The van der Waals surface area contributed by atoms with Crippen LogP contribution in [0.5, 0.6) is 0 Å². The number of carbonyl (C=O) groups excluding carboxylic acids is 1. The third kappa shape index (κ3) is 3.42. The summed E-state index contributed by atoms with van der Waals surface area (Å²) < 4.78 is 5.51. The molecule has 1 aliphatic heterocycles. The Morgan fingerprint density at radius 3 is 2.57 bits per heavy atom. The first-order valence-electron chi connectivity index (χ1n) is 8.96. The molecule has 0 spiro atoms. The zero-order valence-electron chi connectivity index (χ0n) is 15.4. The Bertz CT molecular complexity index is 1050. The zero-order chi connectivity index (χ0) is 19.5. The van der Waals surface area contributed by atoms with Gasteiger partial charge >= 0.3 is 0 Å². The van der Waals surface area contributed by atoms with Crippen molar-refractivity contribution in [1.82, 2.24) is 20.1 Å². The van der Waals surface area contributed by atoms with E-state index in [0.29, 0.717) is 54.8 Å². The Balaban J connectivity index is 1.50. The molecule has 0 aliphatic carbocycles. The van der Waals surface area contributed by atoms with Crippen molar-refractivity contribution in [3.8, 4) is 17.5 Å². The van der Waals surface area contributed by atoms with Crippen molar-refractivity contribution in [3.63, 3.8) is 0 Å². The van der Waals surface area contributed by atoms with Gasteiger partial charge in [-0.2, -0.15) is 5.26 Å². The second-order valence-corrected chi connectivity index (χ2v) is 6.44. The predicted molar refractivity (Wildman–Crippen MR) is 102 cm³/mol. The number of aromatic nitrogens is 3. The topological polar surface area (TPSA) is 99.2 Å². The molecule has 140 valence electrons. The molecule has 1 aromatic carbocycles. The van der Waals surface area contributed by atoms with E-state index in [2.05, 4.69) is 26.2 Å². The second-order valence-electron chi connectivity index (χ2n) is 6.44. The molecule has 1 amide bonds. The number of nitrogens with zero attached hydrogens (tertiary/aromatic N) is 6. The molecule has 8 heteroatoms. The van der Waals surface area contributed by atoms with Crippen LogP contribution >= 0.6 is 0 Å². The lowest BCUT2D eigenvalue weighted by atomic mass is 10.1. The Labute approximate surface area is 162 Å². The number of pyridine rings is 1. The third-order valence-electron chi connectivity index (χ3n) is 4.65. The summed E-state index contributed by atoms with van der Waals surface area (Å²) in [5.74, 6) is 1.49. The highest BCUT2D eigenvalue weighted by atomic mass is 16.4. The van der Waals surface area contributed by atoms with Crippen LogP contribution in [0.3, 0.4) is 0 Å². The van der Waals surface area contributed by atoms with Crippen LogP contribution in [-0.4, -0.2) is 52.2 Å². The van der Waals surface area contributed by atoms with E-state index in [1.807, 2.05) is 35.2 Å². The summed E-state index contributed by atoms with van der Waals surface area (Å²) in [6, 6.07) is 14.7. The first-order valence-corrected chi connectivity index (χ1v) is 8.96. The molecule has 3 heterocycles. The van der Waals surface area contributed by atoms with Gasteiger partial charge in [-0.3, -0.25) is 4.79 Å². The lowest BCUT2D eigenvalue weighted by Gasteiger charge is -2.35. The largest absolute Gasteiger partial charge is 0.421 e. The van der Waals surface area contributed by atoms with Gasteiger partial charge in [0, 0.05) is 33.1 Å². The van der Waals surface area contributed by atoms with E-state index in [9.17, 15) is 4.79 Å². The average molecular weight is 374 g/mol. The Morgan fingerprint density at radius 2 is 1.86 bits per heavy atom. The van der Waals surface area contributed by atoms with Gasteiger partial charge in [-0.1, -0.05) is 18.2 Å². The molecule has 4 rings (SSSR count). The standard InChI is InChI=1S/C20H18N6O2/c1-14-23-24-19(28-14)16-6-2-3-7-17(16)20(27)26-11-9-25(10-12-26)18-8-4-5-15(13-21)22-18/h2-8H,9-12H2,1H3. The zero-order valence-corrected chi connectivity index (χ0v) is 15.4. The lowest BCUT2D eigenvalue weighted by Crippen LogP contribution is -2.49. The summed E-state index contributed by atoms with van der Waals surface area (Å²) in [6.07, 6.45) is 0. The molecule has 1 saturated heterocycles. The molecule has 2 aromatic heterocycles. The summed E-state index contributed by atoms with van der Waals surface area (Å²) in [4.78, 5) is 21.3. The Hall–Kier alpha value is -3.73. The van der Waals surface area contributed by atoms with Crippen molar-refractivity contribution >= 4 is 11.7 Å². The van der Waals surface area contributed by atoms with Crippen LogP contribution in [0.1, 0.15) is 21.9 Å². The van der Waals surface area contributed by atoms with Gasteiger partial charge < -0.3 is 14.2 Å². The molecule has 0 bridgehead atoms. The fraction of sp³-hybridized carbons (Fsp3) is 0.250. The number of benzene rings is 1. The number of rotatable bonds is 3. The number of hydrogen-bond acceptors (Lipinski definition) is 7. The number of aryl methyl sites for hydroxylation is 1. The van der Waals surface area contributed by atoms with Crippen molar-refractivity contribution in [2.24, 2.45) is 0 Å². The minimum atomic E-state index is -0.0650. The number of nitriles is 1. The quantitative estimate of drug-likeness (QED) is 0.693. The number of amides is 1. The number of anilines is 1. The first-order chi connectivity index (χ1) is 13.7. The summed E-state index contributed by atoms with van der Waals surface area (Å²) in [5.41, 5.74) is 1.57. The van der Waals surface area contributed by atoms with Gasteiger partial charge in [-0.15, -0.1) is 10.2 Å². The van der Waals surface area contributed by atoms with E-state index in [-0.39, 0.29) is 5.91 Å². The molecule has 0 unspecified atom stereocenters. The predicted octanol–water partition coefficient (Wildman–Crippen LogP) is 2.27. The van der Waals surface area contributed by atoms with Crippen molar-refractivity contribution in [2.45, 2.75) is 6.92 Å². The molecule has 1 aliphatic rings. The average Bonchev–Trinajstić information content (AvgIpc) is 3.19. The van der Waals surface area contributed by atoms with Crippen LogP contribution in [0, 0.1) is 18.3 Å². The van der Waals surface area contributed by atoms with Gasteiger partial charge in [0.25, 0.3) is 5.91 Å². The van der Waals surface area contributed by atoms with Gasteiger partial charge in [0.15, 0.2) is 0 Å². The van der Waals surface area contributed by atoms with Crippen molar-refractivity contribution < 1.29 is 9.21 Å². The lowest BCUT2D eigenvalue weighted by molar-refractivity contribution is 0.0747. The van der Waals surface area contributed by atoms with Gasteiger partial charge in [0.05, 0.1) is 11.1 Å². The summed E-state index contributed by atoms with van der Waals surface area (Å²) in [7, 11) is 0. The van der Waals surface area contributed by atoms with E-state index in [1.165, 1.54) is 0 Å². The minimum Gasteiger partial charge on any atom is -0.421 e. The number of carbonyl (C=O) groups is 1. The normalized spacial score (nSPS) is 14.0. The molecule has 0 N–H and O–H groups in total. The molecular weight excluding hydrogens is 356 g/mol. The van der Waals surface area contributed by atoms with E-state index in [4.69, 9.17) is 9.68 Å². The SMILES string of the molecule is Cc1nnc(-c2ccccc2C(=O)N2CCN(c3cccc(C#N)n3)CC2)o1.